The van der Waals surface area contributed by atoms with E-state index >= 15 is 0 Å². The summed E-state index contributed by atoms with van der Waals surface area (Å²) in [6.45, 7) is 1.38. The lowest BCUT2D eigenvalue weighted by molar-refractivity contribution is -0.148. The number of benzene rings is 2. The highest BCUT2D eigenvalue weighted by molar-refractivity contribution is 7.99. The zero-order chi connectivity index (χ0) is 19.8. The number of hydrogen-bond acceptors (Lipinski definition) is 4. The number of carbonyl (C=O) groups is 2. The number of halogens is 3. The Hall–Kier alpha value is -2.74. The lowest BCUT2D eigenvalue weighted by atomic mass is 10.2. The molecule has 0 aromatic heterocycles. The van der Waals surface area contributed by atoms with Crippen LogP contribution in [-0.2, 0) is 14.3 Å². The second kappa shape index (κ2) is 9.82. The summed E-state index contributed by atoms with van der Waals surface area (Å²) in [5.74, 6) is -4.40. The van der Waals surface area contributed by atoms with Crippen LogP contribution in [0.25, 0.3) is 6.08 Å². The second-order valence-corrected chi connectivity index (χ2v) is 6.39. The molecule has 0 spiro atoms. The molecule has 1 amide bonds. The van der Waals surface area contributed by atoms with E-state index in [-0.39, 0.29) is 5.56 Å². The summed E-state index contributed by atoms with van der Waals surface area (Å²) < 4.78 is 43.0. The van der Waals surface area contributed by atoms with Gasteiger partial charge in [-0.2, -0.15) is 8.78 Å². The van der Waals surface area contributed by atoms with E-state index < -0.39 is 29.6 Å². The molecule has 8 heteroatoms. The van der Waals surface area contributed by atoms with Gasteiger partial charge in [0.1, 0.15) is 5.82 Å². The normalized spacial score (nSPS) is 12.2. The first-order valence-electron chi connectivity index (χ1n) is 7.84. The third-order valence-electron chi connectivity index (χ3n) is 3.31. The van der Waals surface area contributed by atoms with Gasteiger partial charge < -0.3 is 10.1 Å². The third kappa shape index (κ3) is 6.82. The van der Waals surface area contributed by atoms with Gasteiger partial charge in [0.2, 0.25) is 0 Å². The number of esters is 1. The Morgan fingerprint density at radius 2 is 1.78 bits per heavy atom. The number of carbonyl (C=O) groups excluding carboxylic acids is 2. The van der Waals surface area contributed by atoms with Gasteiger partial charge in [0, 0.05) is 22.2 Å². The molecule has 4 nitrogen and oxygen atoms in total. The van der Waals surface area contributed by atoms with Gasteiger partial charge in [-0.15, -0.1) is 0 Å². The van der Waals surface area contributed by atoms with Crippen LogP contribution in [-0.4, -0.2) is 23.7 Å². The molecule has 0 bridgehead atoms. The Balaban J connectivity index is 1.87. The lowest BCUT2D eigenvalue weighted by Crippen LogP contribution is -2.29. The predicted octanol–water partition coefficient (Wildman–Crippen LogP) is 4.72. The molecule has 2 aromatic rings. The fraction of sp³-hybridized carbons (Fsp3) is 0.158. The van der Waals surface area contributed by atoms with Crippen LogP contribution in [0.1, 0.15) is 12.5 Å². The van der Waals surface area contributed by atoms with Gasteiger partial charge in [0.25, 0.3) is 11.7 Å². The largest absolute Gasteiger partial charge is 0.449 e. The second-order valence-electron chi connectivity index (χ2n) is 5.33. The van der Waals surface area contributed by atoms with Crippen molar-refractivity contribution in [2.75, 3.05) is 5.32 Å². The van der Waals surface area contributed by atoms with Gasteiger partial charge in [-0.25, -0.2) is 9.18 Å². The summed E-state index contributed by atoms with van der Waals surface area (Å²) in [6, 6.07) is 11.7. The number of alkyl halides is 2. The minimum atomic E-state index is -2.53. The number of rotatable bonds is 7. The molecule has 0 fully saturated rings. The van der Waals surface area contributed by atoms with E-state index in [9.17, 15) is 22.8 Å². The van der Waals surface area contributed by atoms with Crippen molar-refractivity contribution in [3.05, 3.63) is 66.0 Å². The van der Waals surface area contributed by atoms with E-state index in [1.54, 1.807) is 6.07 Å². The van der Waals surface area contributed by atoms with E-state index in [0.717, 1.165) is 6.08 Å². The molecule has 0 radical (unpaired) electrons. The highest BCUT2D eigenvalue weighted by atomic mass is 32.2. The van der Waals surface area contributed by atoms with Gasteiger partial charge in [-0.1, -0.05) is 30.0 Å². The van der Waals surface area contributed by atoms with Crippen molar-refractivity contribution >= 4 is 35.4 Å². The molecule has 0 heterocycles. The zero-order valence-electron chi connectivity index (χ0n) is 14.2. The average molecular weight is 395 g/mol. The standard InChI is InChI=1S/C19H16F3NO3S/c1-12(26-17(24)11-6-13-4-2-3-5-16(13)20)18(25)23-14-7-9-15(10-8-14)27-19(21)22/h2-12,19H,1H3,(H,23,25)/b11-6+/t12-/m0/s1. The molecule has 2 aromatic carbocycles. The number of anilines is 1. The van der Waals surface area contributed by atoms with Crippen molar-refractivity contribution in [3.63, 3.8) is 0 Å². The first-order chi connectivity index (χ1) is 12.8. The van der Waals surface area contributed by atoms with E-state index in [0.29, 0.717) is 22.3 Å². The van der Waals surface area contributed by atoms with E-state index in [2.05, 4.69) is 5.32 Å². The van der Waals surface area contributed by atoms with Gasteiger partial charge in [0.15, 0.2) is 6.10 Å². The molecule has 0 aliphatic carbocycles. The molecule has 0 saturated carbocycles. The summed E-state index contributed by atoms with van der Waals surface area (Å²) in [5, 5.41) is 2.51. The number of thioether (sulfide) groups is 1. The van der Waals surface area contributed by atoms with Crippen LogP contribution < -0.4 is 5.32 Å². The number of amides is 1. The van der Waals surface area contributed by atoms with Crippen molar-refractivity contribution in [3.8, 4) is 0 Å². The monoisotopic (exact) mass is 395 g/mol. The van der Waals surface area contributed by atoms with Crippen LogP contribution in [0.4, 0.5) is 18.9 Å². The Morgan fingerprint density at radius 3 is 2.41 bits per heavy atom. The van der Waals surface area contributed by atoms with Crippen molar-refractivity contribution in [2.24, 2.45) is 0 Å². The fourth-order valence-corrected chi connectivity index (χ4v) is 2.50. The van der Waals surface area contributed by atoms with Crippen LogP contribution in [0.15, 0.2) is 59.5 Å². The number of ether oxygens (including phenoxy) is 1. The zero-order valence-corrected chi connectivity index (χ0v) is 15.0. The SMILES string of the molecule is C[C@H](OC(=O)/C=C/c1ccccc1F)C(=O)Nc1ccc(SC(F)F)cc1. The summed E-state index contributed by atoms with van der Waals surface area (Å²) in [6.07, 6.45) is 1.18. The van der Waals surface area contributed by atoms with Crippen molar-refractivity contribution in [1.29, 1.82) is 0 Å². The minimum Gasteiger partial charge on any atom is -0.449 e. The number of nitrogens with one attached hydrogen (secondary N) is 1. The van der Waals surface area contributed by atoms with E-state index in [1.165, 1.54) is 55.5 Å². The van der Waals surface area contributed by atoms with E-state index in [1.807, 2.05) is 0 Å². The smallest absolute Gasteiger partial charge is 0.331 e. The molecule has 27 heavy (non-hydrogen) atoms. The molecular formula is C19H16F3NO3S. The van der Waals surface area contributed by atoms with Crippen LogP contribution in [0, 0.1) is 5.82 Å². The molecule has 0 saturated heterocycles. The minimum absolute atomic E-state index is 0.216. The molecular weight excluding hydrogens is 379 g/mol. The van der Waals surface area contributed by atoms with Crippen molar-refractivity contribution in [2.45, 2.75) is 23.7 Å². The third-order valence-corrected chi connectivity index (χ3v) is 4.04. The number of hydrogen-bond donors (Lipinski definition) is 1. The molecule has 1 atom stereocenters. The maximum absolute atomic E-state index is 13.5. The van der Waals surface area contributed by atoms with Crippen LogP contribution in [0.2, 0.25) is 0 Å². The first-order valence-corrected chi connectivity index (χ1v) is 8.72. The summed E-state index contributed by atoms with van der Waals surface area (Å²) in [7, 11) is 0. The average Bonchev–Trinajstić information content (AvgIpc) is 2.62. The molecule has 0 aliphatic heterocycles. The fourth-order valence-electron chi connectivity index (χ4n) is 2.00. The summed E-state index contributed by atoms with van der Waals surface area (Å²) in [5.41, 5.74) is 0.594. The maximum Gasteiger partial charge on any atom is 0.331 e. The summed E-state index contributed by atoms with van der Waals surface area (Å²) >= 11 is 0.396. The van der Waals surface area contributed by atoms with Crippen LogP contribution in [0.3, 0.4) is 0 Å². The Labute approximate surface area is 158 Å². The molecule has 142 valence electrons. The summed E-state index contributed by atoms with van der Waals surface area (Å²) in [4.78, 5) is 24.2. The first kappa shape index (κ1) is 20.6. The quantitative estimate of drug-likeness (QED) is 0.419. The molecule has 0 unspecified atom stereocenters. The van der Waals surface area contributed by atoms with Crippen molar-refractivity contribution < 1.29 is 27.5 Å². The highest BCUT2D eigenvalue weighted by Gasteiger charge is 2.17. The van der Waals surface area contributed by atoms with Gasteiger partial charge in [0.05, 0.1) is 0 Å². The molecule has 2 rings (SSSR count). The van der Waals surface area contributed by atoms with Gasteiger partial charge >= 0.3 is 5.97 Å². The Kier molecular flexibility index (Phi) is 7.48. The Morgan fingerprint density at radius 1 is 1.11 bits per heavy atom. The molecule has 1 N–H and O–H groups in total. The van der Waals surface area contributed by atoms with Gasteiger partial charge in [-0.05, 0) is 43.3 Å². The molecule has 0 aliphatic rings. The topological polar surface area (TPSA) is 55.4 Å². The van der Waals surface area contributed by atoms with Gasteiger partial charge in [-0.3, -0.25) is 4.79 Å². The maximum atomic E-state index is 13.5. The van der Waals surface area contributed by atoms with Crippen LogP contribution in [0.5, 0.6) is 0 Å². The Bertz CT molecular complexity index is 825. The lowest BCUT2D eigenvalue weighted by Gasteiger charge is -2.12. The van der Waals surface area contributed by atoms with E-state index in [4.69, 9.17) is 4.74 Å². The van der Waals surface area contributed by atoms with Crippen LogP contribution >= 0.6 is 11.8 Å². The predicted molar refractivity (Wildman–Crippen MR) is 97.9 cm³/mol. The van der Waals surface area contributed by atoms with Crippen molar-refractivity contribution in [1.82, 2.24) is 0 Å². The highest BCUT2D eigenvalue weighted by Crippen LogP contribution is 2.26.